The number of aromatic nitrogens is 1. The maximum absolute atomic E-state index is 12.2. The predicted molar refractivity (Wildman–Crippen MR) is 87.5 cm³/mol. The highest BCUT2D eigenvalue weighted by atomic mass is 32.1. The fourth-order valence-corrected chi connectivity index (χ4v) is 3.04. The van der Waals surface area contributed by atoms with E-state index in [1.165, 1.54) is 24.0 Å². The maximum Gasteiger partial charge on any atom is 0.573 e. The molecule has 0 spiro atoms. The molecule has 2 rings (SSSR count). The van der Waals surface area contributed by atoms with E-state index in [2.05, 4.69) is 15.0 Å². The van der Waals surface area contributed by atoms with Gasteiger partial charge in [0.25, 0.3) is 0 Å². The summed E-state index contributed by atoms with van der Waals surface area (Å²) in [5, 5.41) is 2.78. The number of carbonyl (C=O) groups excluding carboxylic acids is 2. The maximum atomic E-state index is 12.2. The average Bonchev–Trinajstić information content (AvgIpc) is 2.83. The van der Waals surface area contributed by atoms with Crippen molar-refractivity contribution in [3.05, 3.63) is 18.2 Å². The van der Waals surface area contributed by atoms with E-state index in [-0.39, 0.29) is 29.4 Å². The molecule has 1 aromatic carbocycles. The van der Waals surface area contributed by atoms with Crippen molar-refractivity contribution < 1.29 is 27.5 Å². The lowest BCUT2D eigenvalue weighted by Gasteiger charge is -2.24. The number of hydrogen-bond donors (Lipinski definition) is 1. The number of alkyl halides is 3. The van der Waals surface area contributed by atoms with Crippen LogP contribution in [0.25, 0.3) is 10.2 Å². The number of nitrogens with one attached hydrogen (secondary N) is 1. The highest BCUT2D eigenvalue weighted by Crippen LogP contribution is 2.31. The van der Waals surface area contributed by atoms with Gasteiger partial charge >= 0.3 is 6.36 Å². The molecule has 0 aliphatic carbocycles. The third-order valence-corrected chi connectivity index (χ3v) is 4.12. The predicted octanol–water partition coefficient (Wildman–Crippen LogP) is 3.39. The van der Waals surface area contributed by atoms with Gasteiger partial charge in [0, 0.05) is 19.0 Å². The van der Waals surface area contributed by atoms with Crippen molar-refractivity contribution in [3.63, 3.8) is 0 Å². The van der Waals surface area contributed by atoms with E-state index in [1.807, 2.05) is 0 Å². The minimum absolute atomic E-state index is 0.134. The highest BCUT2D eigenvalue weighted by Gasteiger charge is 2.31. The largest absolute Gasteiger partial charge is 0.573 e. The van der Waals surface area contributed by atoms with Gasteiger partial charge in [0.05, 0.1) is 10.2 Å². The molecular weight excluding hydrogens is 359 g/mol. The molecule has 1 aromatic heterocycles. The van der Waals surface area contributed by atoms with E-state index in [9.17, 15) is 22.8 Å². The second-order valence-corrected chi connectivity index (χ2v) is 6.52. The van der Waals surface area contributed by atoms with E-state index < -0.39 is 12.3 Å². The monoisotopic (exact) mass is 375 g/mol. The quantitative estimate of drug-likeness (QED) is 0.870. The second kappa shape index (κ2) is 7.26. The minimum Gasteiger partial charge on any atom is -0.406 e. The van der Waals surface area contributed by atoms with Crippen LogP contribution in [0.5, 0.6) is 5.75 Å². The summed E-state index contributed by atoms with van der Waals surface area (Å²) in [5.41, 5.74) is 0.433. The van der Waals surface area contributed by atoms with Gasteiger partial charge in [0.2, 0.25) is 11.8 Å². The molecule has 0 fully saturated rings. The van der Waals surface area contributed by atoms with Crippen LogP contribution in [-0.4, -0.2) is 40.6 Å². The Kier molecular flexibility index (Phi) is 5.51. The lowest BCUT2D eigenvalue weighted by Crippen LogP contribution is -2.41. The second-order valence-electron chi connectivity index (χ2n) is 5.49. The number of nitrogens with zero attached hydrogens (tertiary/aromatic N) is 2. The number of rotatable bonds is 5. The Hall–Kier alpha value is -2.36. The molecule has 1 heterocycles. The normalized spacial score (nSPS) is 11.6. The first-order valence-electron chi connectivity index (χ1n) is 7.28. The molecule has 0 radical (unpaired) electrons. The molecule has 136 valence electrons. The number of hydrogen-bond acceptors (Lipinski definition) is 5. The number of ether oxygens (including phenoxy) is 1. The Bertz CT molecular complexity index is 789. The van der Waals surface area contributed by atoms with Gasteiger partial charge in [0.15, 0.2) is 5.13 Å². The summed E-state index contributed by atoms with van der Waals surface area (Å²) in [5.74, 6) is -1.03. The van der Waals surface area contributed by atoms with Crippen LogP contribution in [0.2, 0.25) is 0 Å². The number of thiazole rings is 1. The molecule has 0 bridgehead atoms. The number of anilines is 1. The number of halogens is 3. The molecular formula is C15H16F3N3O3S. The van der Waals surface area contributed by atoms with E-state index in [0.29, 0.717) is 10.2 Å². The summed E-state index contributed by atoms with van der Waals surface area (Å²) in [7, 11) is 0. The number of fused-ring (bicyclic) bond motifs is 1. The Morgan fingerprint density at radius 2 is 2.04 bits per heavy atom. The summed E-state index contributed by atoms with van der Waals surface area (Å²) in [6.45, 7) is 4.81. The van der Waals surface area contributed by atoms with Crippen LogP contribution in [0, 0.1) is 0 Å². The zero-order valence-electron chi connectivity index (χ0n) is 13.7. The lowest BCUT2D eigenvalue weighted by atomic mass is 10.3. The average molecular weight is 375 g/mol. The van der Waals surface area contributed by atoms with Crippen molar-refractivity contribution in [2.75, 3.05) is 11.9 Å². The molecule has 2 amide bonds. The summed E-state index contributed by atoms with van der Waals surface area (Å²) in [6.07, 6.45) is -4.78. The van der Waals surface area contributed by atoms with E-state index in [4.69, 9.17) is 0 Å². The van der Waals surface area contributed by atoms with Crippen molar-refractivity contribution in [2.24, 2.45) is 0 Å². The standard InChI is InChI=1S/C15H16F3N3O3S/c1-8(2)21(9(3)22)7-13(23)20-14-19-11-5-4-10(6-12(11)25-14)24-15(16,17)18/h4-6,8H,7H2,1-3H3,(H,19,20,23). The van der Waals surface area contributed by atoms with Gasteiger partial charge in [-0.25, -0.2) is 4.98 Å². The third-order valence-electron chi connectivity index (χ3n) is 3.18. The first kappa shape index (κ1) is 19.0. The summed E-state index contributed by atoms with van der Waals surface area (Å²) >= 11 is 1.02. The summed E-state index contributed by atoms with van der Waals surface area (Å²) in [6, 6.07) is 3.59. The molecule has 0 aliphatic rings. The molecule has 2 aromatic rings. The molecule has 0 unspecified atom stereocenters. The van der Waals surface area contributed by atoms with E-state index in [1.54, 1.807) is 13.8 Å². The molecule has 6 nitrogen and oxygen atoms in total. The van der Waals surface area contributed by atoms with Gasteiger partial charge in [-0.1, -0.05) is 11.3 Å². The summed E-state index contributed by atoms with van der Waals surface area (Å²) in [4.78, 5) is 29.1. The Labute approximate surface area is 145 Å². The lowest BCUT2D eigenvalue weighted by molar-refractivity contribution is -0.274. The molecule has 0 atom stereocenters. The van der Waals surface area contributed by atoms with Crippen LogP contribution >= 0.6 is 11.3 Å². The van der Waals surface area contributed by atoms with Crippen molar-refractivity contribution >= 4 is 38.5 Å². The molecule has 0 saturated heterocycles. The minimum atomic E-state index is -4.78. The number of benzene rings is 1. The zero-order valence-corrected chi connectivity index (χ0v) is 14.5. The fraction of sp³-hybridized carbons (Fsp3) is 0.400. The van der Waals surface area contributed by atoms with E-state index >= 15 is 0 Å². The third kappa shape index (κ3) is 5.31. The Balaban J connectivity index is 2.11. The van der Waals surface area contributed by atoms with Gasteiger partial charge < -0.3 is 15.0 Å². The van der Waals surface area contributed by atoms with Gasteiger partial charge in [0.1, 0.15) is 12.3 Å². The van der Waals surface area contributed by atoms with Gasteiger partial charge in [-0.15, -0.1) is 13.2 Å². The zero-order chi connectivity index (χ0) is 18.8. The fourth-order valence-electron chi connectivity index (χ4n) is 2.13. The van der Waals surface area contributed by atoms with Crippen LogP contribution in [-0.2, 0) is 9.59 Å². The molecule has 10 heteroatoms. The smallest absolute Gasteiger partial charge is 0.406 e. The van der Waals surface area contributed by atoms with E-state index in [0.717, 1.165) is 17.4 Å². The van der Waals surface area contributed by atoms with Crippen LogP contribution in [0.1, 0.15) is 20.8 Å². The summed E-state index contributed by atoms with van der Waals surface area (Å²) < 4.78 is 41.0. The van der Waals surface area contributed by atoms with Crippen LogP contribution in [0.4, 0.5) is 18.3 Å². The first-order valence-corrected chi connectivity index (χ1v) is 8.10. The molecule has 0 saturated carbocycles. The first-order chi connectivity index (χ1) is 11.5. The molecule has 25 heavy (non-hydrogen) atoms. The van der Waals surface area contributed by atoms with Crippen LogP contribution in [0.3, 0.4) is 0 Å². The Morgan fingerprint density at radius 1 is 1.36 bits per heavy atom. The van der Waals surface area contributed by atoms with Gasteiger partial charge in [-0.2, -0.15) is 0 Å². The van der Waals surface area contributed by atoms with Crippen molar-refractivity contribution in [2.45, 2.75) is 33.2 Å². The molecule has 1 N–H and O–H groups in total. The van der Waals surface area contributed by atoms with Gasteiger partial charge in [-0.3, -0.25) is 9.59 Å². The van der Waals surface area contributed by atoms with Crippen molar-refractivity contribution in [1.29, 1.82) is 0 Å². The highest BCUT2D eigenvalue weighted by molar-refractivity contribution is 7.22. The SMILES string of the molecule is CC(=O)N(CC(=O)Nc1nc2ccc(OC(F)(F)F)cc2s1)C(C)C. The number of amides is 2. The molecule has 0 aliphatic heterocycles. The van der Waals surface area contributed by atoms with Crippen LogP contribution < -0.4 is 10.1 Å². The topological polar surface area (TPSA) is 71.5 Å². The van der Waals surface area contributed by atoms with Crippen molar-refractivity contribution in [3.8, 4) is 5.75 Å². The van der Waals surface area contributed by atoms with Crippen molar-refractivity contribution in [1.82, 2.24) is 9.88 Å². The number of carbonyl (C=O) groups is 2. The van der Waals surface area contributed by atoms with Crippen LogP contribution in [0.15, 0.2) is 18.2 Å². The van der Waals surface area contributed by atoms with Gasteiger partial charge in [-0.05, 0) is 26.0 Å². The Morgan fingerprint density at radius 3 is 2.60 bits per heavy atom.